The van der Waals surface area contributed by atoms with Gasteiger partial charge in [-0.3, -0.25) is 9.79 Å². The number of hydrogen-bond donors (Lipinski definition) is 3. The molecule has 0 unspecified atom stereocenters. The molecule has 0 bridgehead atoms. The zero-order valence-electron chi connectivity index (χ0n) is 17.1. The van der Waals surface area contributed by atoms with Crippen molar-refractivity contribution in [1.29, 1.82) is 0 Å². The summed E-state index contributed by atoms with van der Waals surface area (Å²) in [6.45, 7) is 0.489. The molecule has 1 aromatic heterocycles. The van der Waals surface area contributed by atoms with Gasteiger partial charge in [0.15, 0.2) is 5.69 Å². The molecule has 0 saturated heterocycles. The van der Waals surface area contributed by atoms with E-state index in [1.54, 1.807) is 12.1 Å². The molecule has 9 nitrogen and oxygen atoms in total. The second-order valence-corrected chi connectivity index (χ2v) is 8.88. The van der Waals surface area contributed by atoms with E-state index >= 15 is 0 Å². The largest absolute Gasteiger partial charge is 0.404 e. The Morgan fingerprint density at radius 1 is 1.09 bits per heavy atom. The van der Waals surface area contributed by atoms with Crippen LogP contribution in [0.25, 0.3) is 11.3 Å². The van der Waals surface area contributed by atoms with Crippen LogP contribution in [0.2, 0.25) is 0 Å². The number of primary amides is 1. The quantitative estimate of drug-likeness (QED) is 0.536. The standard InChI is InChI=1S/C22H22N6O3S/c23-12-18-19(26-13-14-4-2-1-3-5-14)11-10-17-20(22(24)29)27-28(21(17)18)15-6-8-16(9-7-15)32(25,30)31/h1-9,12H,10-11,13,23H2,(H2,24,29)(H2,25,30,31). The smallest absolute Gasteiger partial charge is 0.269 e. The van der Waals surface area contributed by atoms with Gasteiger partial charge in [-0.15, -0.1) is 0 Å². The van der Waals surface area contributed by atoms with Gasteiger partial charge in [-0.1, -0.05) is 30.3 Å². The lowest BCUT2D eigenvalue weighted by molar-refractivity contribution is 0.0994. The third-order valence-corrected chi connectivity index (χ3v) is 6.20. The molecule has 1 aliphatic rings. The highest BCUT2D eigenvalue weighted by molar-refractivity contribution is 7.89. The summed E-state index contributed by atoms with van der Waals surface area (Å²) in [5.41, 5.74) is 16.1. The Balaban J connectivity index is 1.81. The second-order valence-electron chi connectivity index (χ2n) is 7.32. The van der Waals surface area contributed by atoms with Crippen molar-refractivity contribution in [2.24, 2.45) is 21.6 Å². The number of fused-ring (bicyclic) bond motifs is 1. The van der Waals surface area contributed by atoms with Crippen LogP contribution in [-0.4, -0.2) is 29.8 Å². The Morgan fingerprint density at radius 2 is 1.78 bits per heavy atom. The van der Waals surface area contributed by atoms with Gasteiger partial charge >= 0.3 is 0 Å². The minimum absolute atomic E-state index is 0.0305. The zero-order chi connectivity index (χ0) is 22.9. The third kappa shape index (κ3) is 4.05. The van der Waals surface area contributed by atoms with Crippen LogP contribution in [0.1, 0.15) is 33.7 Å². The minimum Gasteiger partial charge on any atom is -0.404 e. The topological polar surface area (TPSA) is 159 Å². The van der Waals surface area contributed by atoms with Crippen molar-refractivity contribution in [3.05, 3.63) is 83.3 Å². The van der Waals surface area contributed by atoms with E-state index in [2.05, 4.69) is 5.10 Å². The Kier molecular flexibility index (Phi) is 5.64. The molecular formula is C22H22N6O3S. The number of nitrogens with two attached hydrogens (primary N) is 3. The molecule has 0 atom stereocenters. The van der Waals surface area contributed by atoms with Crippen molar-refractivity contribution in [2.75, 3.05) is 0 Å². The number of rotatable bonds is 5. The highest BCUT2D eigenvalue weighted by atomic mass is 32.2. The molecule has 0 saturated carbocycles. The van der Waals surface area contributed by atoms with E-state index in [1.807, 2.05) is 30.3 Å². The summed E-state index contributed by atoms with van der Waals surface area (Å²) in [7, 11) is -3.84. The number of primary sulfonamides is 1. The number of carbonyl (C=O) groups excluding carboxylic acids is 1. The molecule has 1 aliphatic carbocycles. The molecule has 0 aliphatic heterocycles. The molecular weight excluding hydrogens is 428 g/mol. The van der Waals surface area contributed by atoms with E-state index in [1.165, 1.54) is 23.0 Å². The van der Waals surface area contributed by atoms with Crippen LogP contribution >= 0.6 is 0 Å². The van der Waals surface area contributed by atoms with Crippen molar-refractivity contribution >= 4 is 27.2 Å². The molecule has 0 fully saturated rings. The van der Waals surface area contributed by atoms with Gasteiger partial charge in [0.1, 0.15) is 0 Å². The normalized spacial score (nSPS) is 16.3. The Bertz CT molecular complexity index is 1340. The van der Waals surface area contributed by atoms with Crippen molar-refractivity contribution < 1.29 is 13.2 Å². The number of hydrogen-bond acceptors (Lipinski definition) is 6. The molecule has 4 rings (SSSR count). The molecule has 6 N–H and O–H groups in total. The lowest BCUT2D eigenvalue weighted by Gasteiger charge is -2.20. The maximum atomic E-state index is 12.1. The Hall–Kier alpha value is -3.76. The van der Waals surface area contributed by atoms with E-state index in [-0.39, 0.29) is 10.6 Å². The fraction of sp³-hybridized carbons (Fsp3) is 0.136. The fourth-order valence-corrected chi connectivity index (χ4v) is 4.27. The summed E-state index contributed by atoms with van der Waals surface area (Å²) in [5, 5.41) is 9.60. The minimum atomic E-state index is -3.84. The van der Waals surface area contributed by atoms with Crippen molar-refractivity contribution in [3.8, 4) is 5.69 Å². The van der Waals surface area contributed by atoms with Gasteiger partial charge in [0.25, 0.3) is 5.91 Å². The van der Waals surface area contributed by atoms with E-state index < -0.39 is 15.9 Å². The molecule has 3 aromatic rings. The van der Waals surface area contributed by atoms with Gasteiger partial charge in [-0.2, -0.15) is 5.10 Å². The monoisotopic (exact) mass is 450 g/mol. The predicted molar refractivity (Wildman–Crippen MR) is 122 cm³/mol. The number of nitrogens with zero attached hydrogens (tertiary/aromatic N) is 3. The van der Waals surface area contributed by atoms with Crippen LogP contribution in [0, 0.1) is 0 Å². The summed E-state index contributed by atoms with van der Waals surface area (Å²) in [6, 6.07) is 15.7. The summed E-state index contributed by atoms with van der Waals surface area (Å²) in [6.07, 6.45) is 2.55. The van der Waals surface area contributed by atoms with Crippen molar-refractivity contribution in [3.63, 3.8) is 0 Å². The molecule has 10 heteroatoms. The molecule has 0 spiro atoms. The zero-order valence-corrected chi connectivity index (χ0v) is 17.9. The summed E-state index contributed by atoms with van der Waals surface area (Å²) in [4.78, 5) is 16.8. The van der Waals surface area contributed by atoms with Gasteiger partial charge in [0, 0.05) is 23.0 Å². The number of amides is 1. The average molecular weight is 451 g/mol. The van der Waals surface area contributed by atoms with Gasteiger partial charge in [0.2, 0.25) is 10.0 Å². The molecule has 164 valence electrons. The number of aliphatic imine (C=N–C) groups is 1. The van der Waals surface area contributed by atoms with E-state index in [0.717, 1.165) is 11.3 Å². The van der Waals surface area contributed by atoms with Crippen molar-refractivity contribution in [2.45, 2.75) is 24.3 Å². The van der Waals surface area contributed by atoms with Crippen LogP contribution < -0.4 is 16.6 Å². The molecule has 32 heavy (non-hydrogen) atoms. The van der Waals surface area contributed by atoms with Crippen LogP contribution in [0.4, 0.5) is 0 Å². The van der Waals surface area contributed by atoms with Crippen LogP contribution in [0.5, 0.6) is 0 Å². The Morgan fingerprint density at radius 3 is 2.38 bits per heavy atom. The maximum absolute atomic E-state index is 12.1. The van der Waals surface area contributed by atoms with E-state index in [0.29, 0.717) is 41.9 Å². The van der Waals surface area contributed by atoms with E-state index in [9.17, 15) is 13.2 Å². The number of sulfonamides is 1. The first-order valence-electron chi connectivity index (χ1n) is 9.84. The SMILES string of the molecule is NC=C1C(=NCc2ccccc2)CCc2c(C(N)=O)nn(-c3ccc(S(N)(=O)=O)cc3)c21. The van der Waals surface area contributed by atoms with Crippen LogP contribution in [0.15, 0.2) is 70.7 Å². The first kappa shape index (κ1) is 21.5. The predicted octanol–water partition coefficient (Wildman–Crippen LogP) is 1.51. The first-order chi connectivity index (χ1) is 15.3. The Labute approximate surface area is 185 Å². The number of allylic oxidation sites excluding steroid dienone is 1. The first-order valence-corrected chi connectivity index (χ1v) is 11.4. The lowest BCUT2D eigenvalue weighted by atomic mass is 9.89. The van der Waals surface area contributed by atoms with Crippen LogP contribution in [-0.2, 0) is 23.0 Å². The molecule has 1 amide bonds. The third-order valence-electron chi connectivity index (χ3n) is 5.27. The van der Waals surface area contributed by atoms with Gasteiger partial charge in [-0.05, 0) is 42.7 Å². The van der Waals surface area contributed by atoms with Crippen molar-refractivity contribution in [1.82, 2.24) is 9.78 Å². The highest BCUT2D eigenvalue weighted by Crippen LogP contribution is 2.33. The fourth-order valence-electron chi connectivity index (χ4n) is 3.75. The highest BCUT2D eigenvalue weighted by Gasteiger charge is 2.30. The number of aromatic nitrogens is 2. The molecule has 0 radical (unpaired) electrons. The summed E-state index contributed by atoms with van der Waals surface area (Å²) < 4.78 is 24.7. The summed E-state index contributed by atoms with van der Waals surface area (Å²) in [5.74, 6) is -0.651. The maximum Gasteiger partial charge on any atom is 0.269 e. The van der Waals surface area contributed by atoms with Crippen LogP contribution in [0.3, 0.4) is 0 Å². The molecule has 1 heterocycles. The van der Waals surface area contributed by atoms with E-state index in [4.69, 9.17) is 21.6 Å². The van der Waals surface area contributed by atoms with Gasteiger partial charge in [-0.25, -0.2) is 18.2 Å². The second kappa shape index (κ2) is 8.40. The number of benzene rings is 2. The summed E-state index contributed by atoms with van der Waals surface area (Å²) >= 11 is 0. The lowest BCUT2D eigenvalue weighted by Crippen LogP contribution is -2.19. The number of carbonyl (C=O) groups is 1. The van der Waals surface area contributed by atoms with Gasteiger partial charge < -0.3 is 11.5 Å². The molecule has 2 aromatic carbocycles. The van der Waals surface area contributed by atoms with Gasteiger partial charge in [0.05, 0.1) is 22.8 Å². The average Bonchev–Trinajstić information content (AvgIpc) is 3.17.